The van der Waals surface area contributed by atoms with Crippen molar-refractivity contribution in [2.24, 2.45) is 0 Å². The van der Waals surface area contributed by atoms with Gasteiger partial charge >= 0.3 is 0 Å². The number of hydrogen-bond acceptors (Lipinski definition) is 3. The summed E-state index contributed by atoms with van der Waals surface area (Å²) in [6.45, 7) is 2.20. The van der Waals surface area contributed by atoms with Crippen LogP contribution in [0.1, 0.15) is 12.0 Å². The number of fused-ring (bicyclic) bond motifs is 1. The Morgan fingerprint density at radius 1 is 1.53 bits per heavy atom. The van der Waals surface area contributed by atoms with Crippen molar-refractivity contribution in [3.05, 3.63) is 29.6 Å². The smallest absolute Gasteiger partial charge is 0.240 e. The highest BCUT2D eigenvalue weighted by atomic mass is 19.1. The van der Waals surface area contributed by atoms with Crippen LogP contribution < -0.4 is 10.2 Å². The van der Waals surface area contributed by atoms with E-state index in [4.69, 9.17) is 4.74 Å². The van der Waals surface area contributed by atoms with Crippen molar-refractivity contribution in [2.45, 2.75) is 12.8 Å². The van der Waals surface area contributed by atoms with Gasteiger partial charge in [-0.1, -0.05) is 0 Å². The predicted molar refractivity (Wildman–Crippen MR) is 71.8 cm³/mol. The van der Waals surface area contributed by atoms with E-state index in [1.54, 1.807) is 18.1 Å². The summed E-state index contributed by atoms with van der Waals surface area (Å²) in [5, 5.41) is 3.04. The van der Waals surface area contributed by atoms with Gasteiger partial charge in [0.2, 0.25) is 5.91 Å². The lowest BCUT2D eigenvalue weighted by Crippen LogP contribution is -2.41. The zero-order valence-electron chi connectivity index (χ0n) is 11.1. The molecule has 0 saturated carbocycles. The summed E-state index contributed by atoms with van der Waals surface area (Å²) in [6.07, 6.45) is 1.70. The molecular weight excluding hydrogens is 247 g/mol. The topological polar surface area (TPSA) is 41.6 Å². The fraction of sp³-hybridized carbons (Fsp3) is 0.500. The minimum atomic E-state index is -0.244. The number of aryl methyl sites for hydroxylation is 1. The zero-order chi connectivity index (χ0) is 13.7. The molecule has 0 saturated heterocycles. The van der Waals surface area contributed by atoms with Crippen molar-refractivity contribution in [1.82, 2.24) is 5.32 Å². The number of rotatable bonds is 5. The molecule has 1 N–H and O–H groups in total. The summed E-state index contributed by atoms with van der Waals surface area (Å²) in [5.41, 5.74) is 1.75. The average molecular weight is 266 g/mol. The first kappa shape index (κ1) is 14.0. The Balaban J connectivity index is 2.00. The highest BCUT2D eigenvalue weighted by molar-refractivity contribution is 5.95. The van der Waals surface area contributed by atoms with Crippen LogP contribution in [0.4, 0.5) is 10.1 Å². The number of hydrogen-bond donors (Lipinski definition) is 1. The zero-order valence-corrected chi connectivity index (χ0v) is 11.1. The van der Waals surface area contributed by atoms with Crippen LogP contribution in [0.3, 0.4) is 0 Å². The van der Waals surface area contributed by atoms with E-state index in [-0.39, 0.29) is 18.3 Å². The van der Waals surface area contributed by atoms with E-state index in [0.717, 1.165) is 24.1 Å². The van der Waals surface area contributed by atoms with Crippen LogP contribution in [-0.2, 0) is 16.0 Å². The first-order valence-corrected chi connectivity index (χ1v) is 6.51. The Labute approximate surface area is 112 Å². The highest BCUT2D eigenvalue weighted by Crippen LogP contribution is 2.27. The van der Waals surface area contributed by atoms with E-state index in [0.29, 0.717) is 19.7 Å². The minimum absolute atomic E-state index is 0.0173. The van der Waals surface area contributed by atoms with Gasteiger partial charge in [-0.05, 0) is 36.6 Å². The number of nitrogens with zero attached hydrogens (tertiary/aromatic N) is 1. The Hall–Kier alpha value is -1.46. The molecule has 0 spiro atoms. The average Bonchev–Trinajstić information content (AvgIpc) is 2.42. The fourth-order valence-electron chi connectivity index (χ4n) is 2.29. The molecule has 0 unspecified atom stereocenters. The molecule has 0 aromatic heterocycles. The minimum Gasteiger partial charge on any atom is -0.383 e. The molecule has 1 heterocycles. The number of carbonyl (C=O) groups excluding carboxylic acids is 1. The fourth-order valence-corrected chi connectivity index (χ4v) is 2.29. The molecule has 104 valence electrons. The first-order chi connectivity index (χ1) is 9.22. The second-order valence-corrected chi connectivity index (χ2v) is 4.59. The highest BCUT2D eigenvalue weighted by Gasteiger charge is 2.22. The van der Waals surface area contributed by atoms with Gasteiger partial charge in [0.05, 0.1) is 13.2 Å². The molecule has 0 atom stereocenters. The van der Waals surface area contributed by atoms with E-state index in [1.807, 2.05) is 0 Å². The molecular formula is C14H19FN2O2. The quantitative estimate of drug-likeness (QED) is 0.818. The van der Waals surface area contributed by atoms with Gasteiger partial charge in [0.15, 0.2) is 0 Å². The summed E-state index contributed by atoms with van der Waals surface area (Å²) in [4.78, 5) is 13.9. The SMILES string of the molecule is COCCNCC(=O)N1CCCc2cc(F)ccc21. The van der Waals surface area contributed by atoms with Gasteiger partial charge in [-0.3, -0.25) is 4.79 Å². The molecule has 0 fully saturated rings. The third-order valence-electron chi connectivity index (χ3n) is 3.22. The molecule has 5 heteroatoms. The van der Waals surface area contributed by atoms with Crippen molar-refractivity contribution in [3.8, 4) is 0 Å². The Morgan fingerprint density at radius 3 is 3.16 bits per heavy atom. The molecule has 0 radical (unpaired) electrons. The van der Waals surface area contributed by atoms with Crippen LogP contribution in [0.25, 0.3) is 0 Å². The van der Waals surface area contributed by atoms with E-state index >= 15 is 0 Å². The summed E-state index contributed by atoms with van der Waals surface area (Å²) < 4.78 is 18.1. The molecule has 1 aromatic rings. The van der Waals surface area contributed by atoms with Gasteiger partial charge in [0, 0.05) is 25.9 Å². The lowest BCUT2D eigenvalue weighted by Gasteiger charge is -2.29. The predicted octanol–water partition coefficient (Wildman–Crippen LogP) is 1.34. The number of carbonyl (C=O) groups is 1. The molecule has 1 aliphatic heterocycles. The second kappa shape index (κ2) is 6.63. The molecule has 1 aliphatic rings. The monoisotopic (exact) mass is 266 g/mol. The third-order valence-corrected chi connectivity index (χ3v) is 3.22. The van der Waals surface area contributed by atoms with Gasteiger partial charge in [-0.25, -0.2) is 4.39 Å². The molecule has 0 aliphatic carbocycles. The Bertz CT molecular complexity index is 451. The van der Waals surface area contributed by atoms with Crippen molar-refractivity contribution in [3.63, 3.8) is 0 Å². The van der Waals surface area contributed by atoms with Crippen LogP contribution in [0, 0.1) is 5.82 Å². The lowest BCUT2D eigenvalue weighted by molar-refractivity contribution is -0.117. The van der Waals surface area contributed by atoms with Crippen molar-refractivity contribution in [2.75, 3.05) is 38.3 Å². The number of benzene rings is 1. The molecule has 2 rings (SSSR count). The Kier molecular flexibility index (Phi) is 4.87. The lowest BCUT2D eigenvalue weighted by atomic mass is 10.0. The van der Waals surface area contributed by atoms with Gasteiger partial charge in [-0.15, -0.1) is 0 Å². The van der Waals surface area contributed by atoms with Crippen LogP contribution in [0.2, 0.25) is 0 Å². The van der Waals surface area contributed by atoms with E-state index in [2.05, 4.69) is 5.32 Å². The summed E-state index contributed by atoms with van der Waals surface area (Å²) >= 11 is 0. The standard InChI is InChI=1S/C14H19FN2O2/c1-19-8-6-16-10-14(18)17-7-2-3-11-9-12(15)4-5-13(11)17/h4-5,9,16H,2-3,6-8,10H2,1H3. The van der Waals surface area contributed by atoms with Crippen LogP contribution in [-0.4, -0.2) is 39.3 Å². The van der Waals surface area contributed by atoms with Gasteiger partial charge < -0.3 is 15.0 Å². The number of nitrogens with one attached hydrogen (secondary N) is 1. The number of ether oxygens (including phenoxy) is 1. The number of halogens is 1. The molecule has 4 nitrogen and oxygen atoms in total. The normalized spacial score (nSPS) is 14.3. The van der Waals surface area contributed by atoms with Crippen molar-refractivity contribution >= 4 is 11.6 Å². The summed E-state index contributed by atoms with van der Waals surface area (Å²) in [5.74, 6) is -0.227. The molecule has 19 heavy (non-hydrogen) atoms. The number of amides is 1. The van der Waals surface area contributed by atoms with Crippen molar-refractivity contribution in [1.29, 1.82) is 0 Å². The van der Waals surface area contributed by atoms with Gasteiger partial charge in [0.25, 0.3) is 0 Å². The maximum Gasteiger partial charge on any atom is 0.240 e. The molecule has 0 bridgehead atoms. The third kappa shape index (κ3) is 3.52. The van der Waals surface area contributed by atoms with Crippen LogP contribution in [0.5, 0.6) is 0 Å². The number of methoxy groups -OCH3 is 1. The maximum atomic E-state index is 13.2. The molecule has 1 aromatic carbocycles. The van der Waals surface area contributed by atoms with Crippen LogP contribution in [0.15, 0.2) is 18.2 Å². The largest absolute Gasteiger partial charge is 0.383 e. The van der Waals surface area contributed by atoms with E-state index in [1.165, 1.54) is 12.1 Å². The summed E-state index contributed by atoms with van der Waals surface area (Å²) in [7, 11) is 1.62. The summed E-state index contributed by atoms with van der Waals surface area (Å²) in [6, 6.07) is 4.62. The van der Waals surface area contributed by atoms with Gasteiger partial charge in [0.1, 0.15) is 5.82 Å². The Morgan fingerprint density at radius 2 is 2.37 bits per heavy atom. The van der Waals surface area contributed by atoms with Crippen molar-refractivity contribution < 1.29 is 13.9 Å². The maximum absolute atomic E-state index is 13.2. The second-order valence-electron chi connectivity index (χ2n) is 4.59. The first-order valence-electron chi connectivity index (χ1n) is 6.51. The van der Waals surface area contributed by atoms with E-state index < -0.39 is 0 Å². The molecule has 1 amide bonds. The van der Waals surface area contributed by atoms with Gasteiger partial charge in [-0.2, -0.15) is 0 Å². The number of anilines is 1. The van der Waals surface area contributed by atoms with E-state index in [9.17, 15) is 9.18 Å². The van der Waals surface area contributed by atoms with Crippen LogP contribution >= 0.6 is 0 Å².